The second-order valence-electron chi connectivity index (χ2n) is 1.74. The first-order valence-electron chi connectivity index (χ1n) is 3.13. The van der Waals surface area contributed by atoms with Gasteiger partial charge < -0.3 is 0 Å². The molecule has 0 aromatic carbocycles. The molecule has 0 aliphatic heterocycles. The first-order valence-corrected chi connectivity index (χ1v) is 3.13. The summed E-state index contributed by atoms with van der Waals surface area (Å²) >= 11 is 0. The molecule has 0 aromatic rings. The van der Waals surface area contributed by atoms with E-state index in [1.165, 1.54) is 5.57 Å². The lowest BCUT2D eigenvalue weighted by Crippen LogP contribution is -1.70. The van der Waals surface area contributed by atoms with Crippen LogP contribution in [0, 0.1) is 12.3 Å². The van der Waals surface area contributed by atoms with Crippen LogP contribution >= 0.6 is 0 Å². The minimum absolute atomic E-state index is 1.01. The van der Waals surface area contributed by atoms with Crippen LogP contribution in [0.4, 0.5) is 0 Å². The largest absolute Gasteiger partial charge is 0.115 e. The Bertz CT molecular complexity index is 153. The Kier molecular flexibility index (Phi) is 4.63. The molecular formula is C9H12. The van der Waals surface area contributed by atoms with Crippen LogP contribution in [-0.4, -0.2) is 0 Å². The Balaban J connectivity index is 4.02. The van der Waals surface area contributed by atoms with Crippen LogP contribution in [0.1, 0.15) is 20.3 Å². The smallest absolute Gasteiger partial charge is 0.00897 e. The van der Waals surface area contributed by atoms with Crippen LogP contribution in [-0.2, 0) is 0 Å². The molecule has 0 amide bonds. The molecule has 48 valence electrons. The van der Waals surface area contributed by atoms with Gasteiger partial charge >= 0.3 is 0 Å². The Labute approximate surface area is 57.3 Å². The van der Waals surface area contributed by atoms with E-state index in [0.29, 0.717) is 0 Å². The maximum atomic E-state index is 5.07. The van der Waals surface area contributed by atoms with Crippen molar-refractivity contribution < 1.29 is 0 Å². The van der Waals surface area contributed by atoms with E-state index in [9.17, 15) is 0 Å². The van der Waals surface area contributed by atoms with E-state index in [2.05, 4.69) is 12.8 Å². The van der Waals surface area contributed by atoms with Gasteiger partial charge in [0.05, 0.1) is 0 Å². The van der Waals surface area contributed by atoms with E-state index in [-0.39, 0.29) is 0 Å². The summed E-state index contributed by atoms with van der Waals surface area (Å²) in [6.07, 6.45) is 11.9. The summed E-state index contributed by atoms with van der Waals surface area (Å²) < 4.78 is 0. The molecular weight excluding hydrogens is 108 g/mol. The zero-order chi connectivity index (χ0) is 7.11. The zero-order valence-electron chi connectivity index (χ0n) is 6.02. The third-order valence-electron chi connectivity index (χ3n) is 1.06. The number of allylic oxidation sites excluding steroid dienone is 4. The fourth-order valence-electron chi connectivity index (χ4n) is 0.589. The Morgan fingerprint density at radius 2 is 2.33 bits per heavy atom. The molecule has 0 saturated heterocycles. The van der Waals surface area contributed by atoms with Crippen LogP contribution in [0.2, 0.25) is 0 Å². The Morgan fingerprint density at radius 3 is 2.67 bits per heavy atom. The molecule has 0 heteroatoms. The lowest BCUT2D eigenvalue weighted by atomic mass is 10.2. The molecule has 0 rings (SSSR count). The average Bonchev–Trinajstić information content (AvgIpc) is 1.88. The molecule has 0 heterocycles. The molecule has 0 unspecified atom stereocenters. The maximum absolute atomic E-state index is 5.07. The summed E-state index contributed by atoms with van der Waals surface area (Å²) in [5.74, 6) is 2.49. The van der Waals surface area contributed by atoms with Crippen molar-refractivity contribution in [1.82, 2.24) is 0 Å². The molecule has 0 fully saturated rings. The summed E-state index contributed by atoms with van der Waals surface area (Å²) in [5, 5.41) is 0. The van der Waals surface area contributed by atoms with Gasteiger partial charge in [0.25, 0.3) is 0 Å². The van der Waals surface area contributed by atoms with E-state index in [4.69, 9.17) is 6.42 Å². The highest BCUT2D eigenvalue weighted by atomic mass is 13.9. The molecule has 0 radical (unpaired) electrons. The van der Waals surface area contributed by atoms with Crippen LogP contribution in [0.3, 0.4) is 0 Å². The molecule has 0 aliphatic carbocycles. The number of rotatable bonds is 2. The molecule has 0 bridgehead atoms. The van der Waals surface area contributed by atoms with Crippen molar-refractivity contribution in [3.05, 3.63) is 23.8 Å². The highest BCUT2D eigenvalue weighted by Gasteiger charge is 1.81. The molecule has 0 aromatic heterocycles. The molecule has 0 nitrogen and oxygen atoms in total. The summed E-state index contributed by atoms with van der Waals surface area (Å²) in [4.78, 5) is 0. The highest BCUT2D eigenvalue weighted by molar-refractivity contribution is 5.26. The van der Waals surface area contributed by atoms with Gasteiger partial charge in [0, 0.05) is 0 Å². The van der Waals surface area contributed by atoms with Gasteiger partial charge in [-0.15, -0.1) is 6.42 Å². The SMILES string of the molecule is C#CC=C(C=CC)CC. The monoisotopic (exact) mass is 120 g/mol. The van der Waals surface area contributed by atoms with Crippen molar-refractivity contribution in [1.29, 1.82) is 0 Å². The maximum Gasteiger partial charge on any atom is -0.00897 e. The second kappa shape index (κ2) is 5.18. The van der Waals surface area contributed by atoms with Crippen LogP contribution in [0.15, 0.2) is 23.8 Å². The van der Waals surface area contributed by atoms with Gasteiger partial charge in [-0.25, -0.2) is 0 Å². The first kappa shape index (κ1) is 8.04. The fraction of sp³-hybridized carbons (Fsp3) is 0.333. The second-order valence-corrected chi connectivity index (χ2v) is 1.74. The van der Waals surface area contributed by atoms with E-state index >= 15 is 0 Å². The highest BCUT2D eigenvalue weighted by Crippen LogP contribution is 2.00. The standard InChI is InChI=1S/C9H12/c1-4-7-9(6-3)8-5-2/h1,5,7-8H,6H2,2-3H3. The molecule has 0 atom stereocenters. The quantitative estimate of drug-likeness (QED) is 0.388. The molecule has 9 heavy (non-hydrogen) atoms. The van der Waals surface area contributed by atoms with Crippen LogP contribution in [0.25, 0.3) is 0 Å². The molecule has 0 N–H and O–H groups in total. The summed E-state index contributed by atoms with van der Waals surface area (Å²) in [6.45, 7) is 4.07. The van der Waals surface area contributed by atoms with Crippen molar-refractivity contribution in [2.24, 2.45) is 0 Å². The van der Waals surface area contributed by atoms with E-state index < -0.39 is 0 Å². The predicted molar refractivity (Wildman–Crippen MR) is 42.0 cm³/mol. The number of terminal acetylenes is 1. The van der Waals surface area contributed by atoms with Crippen LogP contribution in [0.5, 0.6) is 0 Å². The first-order chi connectivity index (χ1) is 4.35. The number of hydrogen-bond acceptors (Lipinski definition) is 0. The third-order valence-corrected chi connectivity index (χ3v) is 1.06. The van der Waals surface area contributed by atoms with Crippen molar-refractivity contribution >= 4 is 0 Å². The van der Waals surface area contributed by atoms with Gasteiger partial charge in [-0.3, -0.25) is 0 Å². The average molecular weight is 120 g/mol. The van der Waals surface area contributed by atoms with Crippen LogP contribution < -0.4 is 0 Å². The van der Waals surface area contributed by atoms with E-state index in [1.807, 2.05) is 19.1 Å². The summed E-state index contributed by atoms with van der Waals surface area (Å²) in [5.41, 5.74) is 1.21. The van der Waals surface area contributed by atoms with Gasteiger partial charge in [0.2, 0.25) is 0 Å². The topological polar surface area (TPSA) is 0 Å². The summed E-state index contributed by atoms with van der Waals surface area (Å²) in [7, 11) is 0. The predicted octanol–water partition coefficient (Wildman–Crippen LogP) is 2.53. The molecule has 0 aliphatic rings. The molecule has 0 saturated carbocycles. The number of hydrogen-bond donors (Lipinski definition) is 0. The fourth-order valence-corrected chi connectivity index (χ4v) is 0.589. The van der Waals surface area contributed by atoms with E-state index in [1.54, 1.807) is 6.08 Å². The minimum Gasteiger partial charge on any atom is -0.115 e. The minimum atomic E-state index is 1.01. The van der Waals surface area contributed by atoms with Crippen molar-refractivity contribution in [3.8, 4) is 12.3 Å². The van der Waals surface area contributed by atoms with Crippen molar-refractivity contribution in [2.45, 2.75) is 20.3 Å². The van der Waals surface area contributed by atoms with E-state index in [0.717, 1.165) is 6.42 Å². The van der Waals surface area contributed by atoms with Gasteiger partial charge in [0.15, 0.2) is 0 Å². The van der Waals surface area contributed by atoms with Gasteiger partial charge in [-0.05, 0) is 25.0 Å². The Morgan fingerprint density at radius 1 is 1.67 bits per heavy atom. The zero-order valence-corrected chi connectivity index (χ0v) is 6.02. The normalized spacial score (nSPS) is 11.9. The van der Waals surface area contributed by atoms with Gasteiger partial charge in [-0.1, -0.05) is 25.0 Å². The van der Waals surface area contributed by atoms with Gasteiger partial charge in [-0.2, -0.15) is 0 Å². The lowest BCUT2D eigenvalue weighted by Gasteiger charge is -1.89. The summed E-state index contributed by atoms with van der Waals surface area (Å²) in [6, 6.07) is 0. The Hall–Kier alpha value is -0.960. The lowest BCUT2D eigenvalue weighted by molar-refractivity contribution is 1.15. The van der Waals surface area contributed by atoms with Crippen molar-refractivity contribution in [2.75, 3.05) is 0 Å². The van der Waals surface area contributed by atoms with Gasteiger partial charge in [0.1, 0.15) is 0 Å². The molecule has 0 spiro atoms. The van der Waals surface area contributed by atoms with Crippen molar-refractivity contribution in [3.63, 3.8) is 0 Å². The third kappa shape index (κ3) is 3.61.